The molecular formula is C22H26N2O5S. The Kier molecular flexibility index (Phi) is 6.08. The van der Waals surface area contributed by atoms with Gasteiger partial charge in [0, 0.05) is 25.7 Å². The SMILES string of the molecule is COc1ccc(S(=O)(=O)N2CCOCC2)cc1C(=O)N(Cc1ccccc1)C1CC1. The molecule has 7 nitrogen and oxygen atoms in total. The second kappa shape index (κ2) is 8.75. The number of carbonyl (C=O) groups excluding carboxylic acids is 1. The standard InChI is InChI=1S/C22H26N2O5S/c1-28-21-10-9-19(30(26,27)23-11-13-29-14-12-23)15-20(21)22(25)24(18-7-8-18)16-17-5-3-2-4-6-17/h2-6,9-10,15,18H,7-8,11-14,16H2,1H3. The fraction of sp³-hybridized carbons (Fsp3) is 0.409. The Labute approximate surface area is 177 Å². The van der Waals surface area contributed by atoms with E-state index in [4.69, 9.17) is 9.47 Å². The first-order valence-electron chi connectivity index (χ1n) is 10.1. The first-order chi connectivity index (χ1) is 14.5. The highest BCUT2D eigenvalue weighted by Crippen LogP contribution is 2.33. The first-order valence-corrected chi connectivity index (χ1v) is 11.6. The fourth-order valence-electron chi connectivity index (χ4n) is 3.64. The maximum absolute atomic E-state index is 13.5. The number of amides is 1. The molecule has 30 heavy (non-hydrogen) atoms. The zero-order valence-corrected chi connectivity index (χ0v) is 17.8. The van der Waals surface area contributed by atoms with Crippen LogP contribution in [0.5, 0.6) is 5.75 Å². The van der Waals surface area contributed by atoms with Crippen LogP contribution in [0.3, 0.4) is 0 Å². The van der Waals surface area contributed by atoms with Crippen LogP contribution in [0.15, 0.2) is 53.4 Å². The largest absolute Gasteiger partial charge is 0.496 e. The summed E-state index contributed by atoms with van der Waals surface area (Å²) >= 11 is 0. The molecule has 8 heteroatoms. The molecule has 2 aromatic carbocycles. The van der Waals surface area contributed by atoms with Crippen LogP contribution in [0.1, 0.15) is 28.8 Å². The number of hydrogen-bond acceptors (Lipinski definition) is 5. The Morgan fingerprint density at radius 2 is 1.83 bits per heavy atom. The van der Waals surface area contributed by atoms with E-state index in [0.717, 1.165) is 18.4 Å². The molecule has 1 amide bonds. The third-order valence-corrected chi connectivity index (χ3v) is 7.35. The lowest BCUT2D eigenvalue weighted by Gasteiger charge is -2.27. The summed E-state index contributed by atoms with van der Waals surface area (Å²) in [6.45, 7) is 1.83. The molecule has 4 rings (SSSR count). The lowest BCUT2D eigenvalue weighted by atomic mass is 10.1. The van der Waals surface area contributed by atoms with Gasteiger partial charge in [-0.2, -0.15) is 4.31 Å². The molecule has 0 aromatic heterocycles. The van der Waals surface area contributed by atoms with Crippen LogP contribution in [0.25, 0.3) is 0 Å². The van der Waals surface area contributed by atoms with Gasteiger partial charge in [-0.25, -0.2) is 8.42 Å². The average Bonchev–Trinajstić information content (AvgIpc) is 3.63. The zero-order valence-electron chi connectivity index (χ0n) is 17.0. The van der Waals surface area contributed by atoms with Crippen molar-refractivity contribution < 1.29 is 22.7 Å². The van der Waals surface area contributed by atoms with Crippen LogP contribution in [0.2, 0.25) is 0 Å². The second-order valence-electron chi connectivity index (χ2n) is 7.53. The Hall–Kier alpha value is -2.42. The number of rotatable bonds is 7. The summed E-state index contributed by atoms with van der Waals surface area (Å²) < 4.78 is 38.2. The second-order valence-corrected chi connectivity index (χ2v) is 9.47. The van der Waals surface area contributed by atoms with E-state index in [9.17, 15) is 13.2 Å². The molecule has 1 saturated carbocycles. The molecule has 160 valence electrons. The molecule has 2 aliphatic rings. The van der Waals surface area contributed by atoms with Gasteiger partial charge in [0.25, 0.3) is 5.91 Å². The molecular weight excluding hydrogens is 404 g/mol. The lowest BCUT2D eigenvalue weighted by Crippen LogP contribution is -2.40. The average molecular weight is 431 g/mol. The molecule has 0 spiro atoms. The van der Waals surface area contributed by atoms with Crippen molar-refractivity contribution >= 4 is 15.9 Å². The molecule has 0 bridgehead atoms. The summed E-state index contributed by atoms with van der Waals surface area (Å²) in [5, 5.41) is 0. The highest BCUT2D eigenvalue weighted by atomic mass is 32.2. The summed E-state index contributed by atoms with van der Waals surface area (Å²) in [7, 11) is -2.22. The number of ether oxygens (including phenoxy) is 2. The van der Waals surface area contributed by atoms with Crippen molar-refractivity contribution in [2.24, 2.45) is 0 Å². The third kappa shape index (κ3) is 4.35. The van der Waals surface area contributed by atoms with Crippen LogP contribution in [-0.2, 0) is 21.3 Å². The monoisotopic (exact) mass is 430 g/mol. The van der Waals surface area contributed by atoms with Gasteiger partial charge in [-0.05, 0) is 36.6 Å². The van der Waals surface area contributed by atoms with Gasteiger partial charge in [-0.3, -0.25) is 4.79 Å². The van der Waals surface area contributed by atoms with Crippen LogP contribution in [0.4, 0.5) is 0 Å². The maximum atomic E-state index is 13.5. The quantitative estimate of drug-likeness (QED) is 0.675. The highest BCUT2D eigenvalue weighted by molar-refractivity contribution is 7.89. The number of methoxy groups -OCH3 is 1. The molecule has 1 saturated heterocycles. The van der Waals surface area contributed by atoms with Crippen LogP contribution in [-0.4, -0.2) is 63.0 Å². The summed E-state index contributed by atoms with van der Waals surface area (Å²) in [6.07, 6.45) is 1.90. The van der Waals surface area contributed by atoms with Gasteiger partial charge in [0.2, 0.25) is 10.0 Å². The van der Waals surface area contributed by atoms with Crippen molar-refractivity contribution in [1.29, 1.82) is 0 Å². The number of benzene rings is 2. The van der Waals surface area contributed by atoms with Crippen LogP contribution < -0.4 is 4.74 Å². The predicted octanol–water partition coefficient (Wildman–Crippen LogP) is 2.52. The Bertz CT molecular complexity index is 999. The highest BCUT2D eigenvalue weighted by Gasteiger charge is 2.35. The summed E-state index contributed by atoms with van der Waals surface area (Å²) in [6, 6.07) is 14.5. The van der Waals surface area contributed by atoms with E-state index in [-0.39, 0.29) is 22.4 Å². The number of nitrogens with zero attached hydrogens (tertiary/aromatic N) is 2. The third-order valence-electron chi connectivity index (χ3n) is 5.45. The molecule has 0 N–H and O–H groups in total. The van der Waals surface area contributed by atoms with Crippen molar-refractivity contribution in [3.05, 3.63) is 59.7 Å². The number of morpholine rings is 1. The van der Waals surface area contributed by atoms with Gasteiger partial charge in [0.05, 0.1) is 30.8 Å². The van der Waals surface area contributed by atoms with E-state index in [2.05, 4.69) is 0 Å². The summed E-state index contributed by atoms with van der Waals surface area (Å²) in [5.41, 5.74) is 1.31. The van der Waals surface area contributed by atoms with E-state index in [1.807, 2.05) is 35.2 Å². The zero-order chi connectivity index (χ0) is 21.1. The minimum absolute atomic E-state index is 0.101. The van der Waals surface area contributed by atoms with Gasteiger partial charge in [0.1, 0.15) is 5.75 Å². The summed E-state index contributed by atoms with van der Waals surface area (Å²) in [5.74, 6) is 0.164. The normalized spacial score (nSPS) is 17.5. The van der Waals surface area contributed by atoms with E-state index in [1.54, 1.807) is 6.07 Å². The van der Waals surface area contributed by atoms with Gasteiger partial charge in [-0.1, -0.05) is 30.3 Å². The minimum atomic E-state index is -3.71. The van der Waals surface area contributed by atoms with Gasteiger partial charge in [-0.15, -0.1) is 0 Å². The maximum Gasteiger partial charge on any atom is 0.258 e. The smallest absolute Gasteiger partial charge is 0.258 e. The Balaban J connectivity index is 1.66. The van der Waals surface area contributed by atoms with Crippen molar-refractivity contribution in [2.45, 2.75) is 30.3 Å². The molecule has 1 aliphatic heterocycles. The van der Waals surface area contributed by atoms with Crippen molar-refractivity contribution in [3.8, 4) is 5.75 Å². The molecule has 0 atom stereocenters. The topological polar surface area (TPSA) is 76.1 Å². The van der Waals surface area contributed by atoms with Crippen LogP contribution in [0, 0.1) is 0 Å². The van der Waals surface area contributed by atoms with E-state index in [0.29, 0.717) is 38.6 Å². The van der Waals surface area contributed by atoms with Gasteiger partial charge >= 0.3 is 0 Å². The molecule has 2 fully saturated rings. The summed E-state index contributed by atoms with van der Waals surface area (Å²) in [4.78, 5) is 15.4. The van der Waals surface area contributed by atoms with E-state index >= 15 is 0 Å². The molecule has 0 unspecified atom stereocenters. The van der Waals surface area contributed by atoms with Crippen molar-refractivity contribution in [3.63, 3.8) is 0 Å². The molecule has 1 aliphatic carbocycles. The van der Waals surface area contributed by atoms with Crippen molar-refractivity contribution in [1.82, 2.24) is 9.21 Å². The van der Waals surface area contributed by atoms with Gasteiger partial charge in [0.15, 0.2) is 0 Å². The van der Waals surface area contributed by atoms with E-state index in [1.165, 1.54) is 23.5 Å². The molecule has 1 heterocycles. The van der Waals surface area contributed by atoms with Crippen molar-refractivity contribution in [2.75, 3.05) is 33.4 Å². The minimum Gasteiger partial charge on any atom is -0.496 e. The molecule has 2 aromatic rings. The Morgan fingerprint density at radius 3 is 2.47 bits per heavy atom. The number of carbonyl (C=O) groups is 1. The number of sulfonamides is 1. The first kappa shape index (κ1) is 20.8. The molecule has 0 radical (unpaired) electrons. The Morgan fingerprint density at radius 1 is 1.13 bits per heavy atom. The predicted molar refractivity (Wildman–Crippen MR) is 112 cm³/mol. The number of hydrogen-bond donors (Lipinski definition) is 0. The van der Waals surface area contributed by atoms with Gasteiger partial charge < -0.3 is 14.4 Å². The van der Waals surface area contributed by atoms with E-state index < -0.39 is 10.0 Å². The lowest BCUT2D eigenvalue weighted by molar-refractivity contribution is 0.0723. The fourth-order valence-corrected chi connectivity index (χ4v) is 5.07. The van der Waals surface area contributed by atoms with Crippen LogP contribution >= 0.6 is 0 Å².